The second kappa shape index (κ2) is 9.37. The smallest absolute Gasteiger partial charge is 0.410 e. The van der Waals surface area contributed by atoms with E-state index in [-0.39, 0.29) is 17.7 Å². The maximum atomic E-state index is 12.4. The van der Waals surface area contributed by atoms with Crippen LogP contribution in [0.25, 0.3) is 22.2 Å². The Kier molecular flexibility index (Phi) is 6.37. The highest BCUT2D eigenvalue weighted by Gasteiger charge is 2.55. The standard InChI is InChI=1S/C29H38BrN5O3/c1-6-34-24(23-18(2)10-11-21-20(23)15-31-35(21)22-9-7-8-12-37-22)25(30)32-26(34)19-13-29(14-19)16-33(17-29)27(36)38-28(3,4)5/h10-11,15,19,22H,6-9,12-14,16-17H2,1-5H3. The maximum Gasteiger partial charge on any atom is 0.410 e. The number of ether oxygens (including phenoxy) is 2. The summed E-state index contributed by atoms with van der Waals surface area (Å²) in [5, 5.41) is 5.92. The van der Waals surface area contributed by atoms with E-state index in [1.807, 2.05) is 31.9 Å². The van der Waals surface area contributed by atoms with Crippen LogP contribution >= 0.6 is 15.9 Å². The largest absolute Gasteiger partial charge is 0.444 e. The lowest BCUT2D eigenvalue weighted by Crippen LogP contribution is -2.63. The molecular formula is C29H38BrN5O3. The molecule has 2 aliphatic heterocycles. The highest BCUT2D eigenvalue weighted by molar-refractivity contribution is 9.10. The van der Waals surface area contributed by atoms with Gasteiger partial charge in [-0.25, -0.2) is 14.5 Å². The third kappa shape index (κ3) is 4.35. The number of aryl methyl sites for hydroxylation is 1. The molecule has 38 heavy (non-hydrogen) atoms. The number of imidazole rings is 1. The Hall–Kier alpha value is -2.39. The molecule has 2 aromatic heterocycles. The molecule has 1 atom stereocenters. The van der Waals surface area contributed by atoms with Gasteiger partial charge < -0.3 is 18.9 Å². The molecule has 1 unspecified atom stereocenters. The van der Waals surface area contributed by atoms with Crippen LogP contribution in [0.2, 0.25) is 0 Å². The number of benzene rings is 1. The van der Waals surface area contributed by atoms with E-state index in [0.29, 0.717) is 5.92 Å². The first kappa shape index (κ1) is 25.9. The molecule has 4 heterocycles. The zero-order chi connectivity index (χ0) is 26.8. The van der Waals surface area contributed by atoms with Gasteiger partial charge in [-0.3, -0.25) is 0 Å². The average Bonchev–Trinajstić information content (AvgIpc) is 3.37. The number of rotatable bonds is 4. The van der Waals surface area contributed by atoms with Crippen molar-refractivity contribution in [1.82, 2.24) is 24.2 Å². The minimum absolute atomic E-state index is 0.000724. The summed E-state index contributed by atoms with van der Waals surface area (Å²) in [7, 11) is 0. The van der Waals surface area contributed by atoms with E-state index in [1.165, 1.54) is 17.5 Å². The molecule has 9 heteroatoms. The van der Waals surface area contributed by atoms with Gasteiger partial charge >= 0.3 is 6.09 Å². The molecule has 1 amide bonds. The summed E-state index contributed by atoms with van der Waals surface area (Å²) in [6.45, 7) is 13.3. The van der Waals surface area contributed by atoms with Crippen LogP contribution in [0.1, 0.15) is 83.3 Å². The Morgan fingerprint density at radius 2 is 2.00 bits per heavy atom. The number of amides is 1. The van der Waals surface area contributed by atoms with Gasteiger partial charge in [0.15, 0.2) is 6.23 Å². The Morgan fingerprint density at radius 1 is 1.24 bits per heavy atom. The molecule has 1 aliphatic carbocycles. The van der Waals surface area contributed by atoms with Gasteiger partial charge in [-0.2, -0.15) is 5.10 Å². The molecule has 3 aliphatic rings. The zero-order valence-corrected chi connectivity index (χ0v) is 24.7. The second-order valence-electron chi connectivity index (χ2n) is 12.4. The summed E-state index contributed by atoms with van der Waals surface area (Å²) in [6, 6.07) is 4.36. The van der Waals surface area contributed by atoms with E-state index in [0.717, 1.165) is 78.9 Å². The molecule has 0 radical (unpaired) electrons. The first-order chi connectivity index (χ1) is 18.1. The minimum atomic E-state index is -0.461. The van der Waals surface area contributed by atoms with Gasteiger partial charge in [-0.05, 0) is 94.3 Å². The highest BCUT2D eigenvalue weighted by atomic mass is 79.9. The van der Waals surface area contributed by atoms with Crippen LogP contribution in [0.5, 0.6) is 0 Å². The first-order valence-corrected chi connectivity index (χ1v) is 14.7. The predicted molar refractivity (Wildman–Crippen MR) is 150 cm³/mol. The number of carbonyl (C=O) groups excluding carboxylic acids is 1. The lowest BCUT2D eigenvalue weighted by Gasteiger charge is -2.58. The number of aromatic nitrogens is 4. The number of hydrogen-bond donors (Lipinski definition) is 0. The topological polar surface area (TPSA) is 74.4 Å². The molecule has 1 aromatic carbocycles. The lowest BCUT2D eigenvalue weighted by molar-refractivity contribution is -0.0801. The van der Waals surface area contributed by atoms with Crippen LogP contribution in [0, 0.1) is 12.3 Å². The van der Waals surface area contributed by atoms with Crippen molar-refractivity contribution in [3.8, 4) is 11.3 Å². The third-order valence-electron chi connectivity index (χ3n) is 8.35. The normalized spacial score (nSPS) is 21.5. The van der Waals surface area contributed by atoms with Crippen molar-refractivity contribution in [2.24, 2.45) is 5.41 Å². The number of hydrogen-bond acceptors (Lipinski definition) is 5. The Bertz CT molecular complexity index is 1370. The molecule has 3 fully saturated rings. The summed E-state index contributed by atoms with van der Waals surface area (Å²) in [4.78, 5) is 19.3. The summed E-state index contributed by atoms with van der Waals surface area (Å²) < 4.78 is 16.9. The Morgan fingerprint density at radius 3 is 2.66 bits per heavy atom. The quantitative estimate of drug-likeness (QED) is 0.337. The lowest BCUT2D eigenvalue weighted by atomic mass is 9.57. The maximum absolute atomic E-state index is 12.4. The molecule has 204 valence electrons. The van der Waals surface area contributed by atoms with Crippen molar-refractivity contribution in [2.75, 3.05) is 19.7 Å². The van der Waals surface area contributed by atoms with Gasteiger partial charge in [0.05, 0.1) is 17.4 Å². The van der Waals surface area contributed by atoms with E-state index in [4.69, 9.17) is 19.6 Å². The van der Waals surface area contributed by atoms with Crippen molar-refractivity contribution in [1.29, 1.82) is 0 Å². The van der Waals surface area contributed by atoms with E-state index in [9.17, 15) is 4.79 Å². The van der Waals surface area contributed by atoms with Crippen molar-refractivity contribution >= 4 is 32.9 Å². The van der Waals surface area contributed by atoms with E-state index < -0.39 is 5.60 Å². The molecule has 6 rings (SSSR count). The minimum Gasteiger partial charge on any atom is -0.444 e. The van der Waals surface area contributed by atoms with Gasteiger partial charge in [-0.15, -0.1) is 0 Å². The molecule has 1 saturated carbocycles. The number of fused-ring (bicyclic) bond motifs is 1. The molecular weight excluding hydrogens is 546 g/mol. The fourth-order valence-electron chi connectivity index (χ4n) is 6.65. The monoisotopic (exact) mass is 583 g/mol. The van der Waals surface area contributed by atoms with Crippen LogP contribution < -0.4 is 0 Å². The second-order valence-corrected chi connectivity index (χ2v) is 13.1. The molecule has 8 nitrogen and oxygen atoms in total. The fraction of sp³-hybridized carbons (Fsp3) is 0.621. The highest BCUT2D eigenvalue weighted by Crippen LogP contribution is 2.56. The average molecular weight is 585 g/mol. The Balaban J connectivity index is 1.26. The number of halogens is 1. The molecule has 2 saturated heterocycles. The fourth-order valence-corrected chi connectivity index (χ4v) is 7.24. The summed E-state index contributed by atoms with van der Waals surface area (Å²) in [5.74, 6) is 1.52. The third-order valence-corrected chi connectivity index (χ3v) is 8.91. The van der Waals surface area contributed by atoms with Crippen LogP contribution in [-0.4, -0.2) is 55.6 Å². The molecule has 0 bridgehead atoms. The zero-order valence-electron chi connectivity index (χ0n) is 23.1. The number of likely N-dealkylation sites (tertiary alicyclic amines) is 1. The van der Waals surface area contributed by atoms with Crippen LogP contribution in [0.15, 0.2) is 22.9 Å². The summed E-state index contributed by atoms with van der Waals surface area (Å²) in [6.07, 6.45) is 7.18. The molecule has 1 spiro atoms. The summed E-state index contributed by atoms with van der Waals surface area (Å²) >= 11 is 3.83. The number of carbonyl (C=O) groups is 1. The predicted octanol–water partition coefficient (Wildman–Crippen LogP) is 6.80. The Labute approximate surface area is 232 Å². The van der Waals surface area contributed by atoms with Crippen molar-refractivity contribution < 1.29 is 14.3 Å². The van der Waals surface area contributed by atoms with Gasteiger partial charge in [-0.1, -0.05) is 6.07 Å². The van der Waals surface area contributed by atoms with E-state index in [2.05, 4.69) is 51.2 Å². The number of nitrogens with zero attached hydrogens (tertiary/aromatic N) is 5. The van der Waals surface area contributed by atoms with Crippen molar-refractivity contribution in [2.45, 2.75) is 91.0 Å². The SMILES string of the molecule is CCn1c(C2CC3(C2)CN(C(=O)OC(C)(C)C)C3)nc(Br)c1-c1c(C)ccc2c1cnn2C1CCCCO1. The van der Waals surface area contributed by atoms with Gasteiger partial charge in [0.2, 0.25) is 0 Å². The summed E-state index contributed by atoms with van der Waals surface area (Å²) in [5.41, 5.74) is 4.37. The van der Waals surface area contributed by atoms with Crippen LogP contribution in [0.4, 0.5) is 4.79 Å². The van der Waals surface area contributed by atoms with Gasteiger partial charge in [0, 0.05) is 48.5 Å². The van der Waals surface area contributed by atoms with Crippen LogP contribution in [0.3, 0.4) is 0 Å². The molecule has 3 aromatic rings. The van der Waals surface area contributed by atoms with Gasteiger partial charge in [0.1, 0.15) is 16.0 Å². The van der Waals surface area contributed by atoms with Gasteiger partial charge in [0.25, 0.3) is 0 Å². The van der Waals surface area contributed by atoms with Crippen molar-refractivity contribution in [3.05, 3.63) is 34.3 Å². The van der Waals surface area contributed by atoms with E-state index >= 15 is 0 Å². The van der Waals surface area contributed by atoms with E-state index in [1.54, 1.807) is 0 Å². The van der Waals surface area contributed by atoms with Crippen molar-refractivity contribution in [3.63, 3.8) is 0 Å². The van der Waals surface area contributed by atoms with Crippen LogP contribution in [-0.2, 0) is 16.0 Å². The first-order valence-electron chi connectivity index (χ1n) is 13.9. The molecule has 0 N–H and O–H groups in total.